The molecule has 2 aromatic rings. The van der Waals surface area contributed by atoms with E-state index >= 15 is 0 Å². The van der Waals surface area contributed by atoms with Crippen LogP contribution in [0.1, 0.15) is 23.8 Å². The van der Waals surface area contributed by atoms with Gasteiger partial charge >= 0.3 is 0 Å². The van der Waals surface area contributed by atoms with Gasteiger partial charge in [0.15, 0.2) is 0 Å². The quantitative estimate of drug-likeness (QED) is 0.864. The van der Waals surface area contributed by atoms with Crippen molar-refractivity contribution in [2.24, 2.45) is 0 Å². The van der Waals surface area contributed by atoms with E-state index in [1.165, 1.54) is 0 Å². The van der Waals surface area contributed by atoms with Crippen molar-refractivity contribution in [2.75, 3.05) is 50.1 Å². The normalized spacial score (nSPS) is 14.2. The first-order chi connectivity index (χ1) is 12.7. The summed E-state index contributed by atoms with van der Waals surface area (Å²) in [6, 6.07) is 11.7. The van der Waals surface area contributed by atoms with Gasteiger partial charge in [0, 0.05) is 32.7 Å². The molecule has 1 aromatic carbocycles. The fraction of sp³-hybridized carbons (Fsp3) is 0.400. The number of para-hydroxylation sites is 2. The molecule has 0 saturated carbocycles. The van der Waals surface area contributed by atoms with Gasteiger partial charge in [-0.25, -0.2) is 4.98 Å². The van der Waals surface area contributed by atoms with Crippen LogP contribution in [0.15, 0.2) is 42.6 Å². The number of carbonyl (C=O) groups excluding carboxylic acids is 1. The monoisotopic (exact) mass is 354 g/mol. The van der Waals surface area contributed by atoms with E-state index in [2.05, 4.69) is 28.2 Å². The number of hydrogen-bond donors (Lipinski definition) is 1. The van der Waals surface area contributed by atoms with Gasteiger partial charge in [0.05, 0.1) is 24.7 Å². The average molecular weight is 354 g/mol. The zero-order valence-electron chi connectivity index (χ0n) is 15.4. The summed E-state index contributed by atoms with van der Waals surface area (Å²) in [5.41, 5.74) is 2.52. The minimum atomic E-state index is -0.00767. The van der Waals surface area contributed by atoms with Crippen LogP contribution < -0.4 is 15.0 Å². The number of carbonyl (C=O) groups is 1. The molecule has 0 unspecified atom stereocenters. The standard InChI is InChI=1S/C20H26N4O2/c1-3-10-21-16-8-9-17(22-15-16)20(25)24-13-11-23(12-14-24)18-6-4-5-7-19(18)26-2/h4-9,15,21H,3,10-14H2,1-2H3. The van der Waals surface area contributed by atoms with Gasteiger partial charge in [-0.1, -0.05) is 19.1 Å². The molecule has 1 amide bonds. The third-order valence-corrected chi connectivity index (χ3v) is 4.55. The second-order valence-corrected chi connectivity index (χ2v) is 6.31. The Bertz CT molecular complexity index is 725. The van der Waals surface area contributed by atoms with Crippen LogP contribution in [-0.4, -0.2) is 55.6 Å². The first-order valence-corrected chi connectivity index (χ1v) is 9.10. The van der Waals surface area contributed by atoms with Gasteiger partial charge in [-0.15, -0.1) is 0 Å². The van der Waals surface area contributed by atoms with Gasteiger partial charge in [-0.2, -0.15) is 0 Å². The van der Waals surface area contributed by atoms with E-state index in [-0.39, 0.29) is 5.91 Å². The Balaban J connectivity index is 1.60. The Labute approximate surface area is 154 Å². The molecule has 138 valence electrons. The van der Waals surface area contributed by atoms with Crippen molar-refractivity contribution in [2.45, 2.75) is 13.3 Å². The lowest BCUT2D eigenvalue weighted by molar-refractivity contribution is 0.0741. The molecule has 1 aromatic heterocycles. The predicted molar refractivity (Wildman–Crippen MR) is 104 cm³/mol. The number of hydrogen-bond acceptors (Lipinski definition) is 5. The number of benzene rings is 1. The zero-order chi connectivity index (χ0) is 18.4. The van der Waals surface area contributed by atoms with Crippen LogP contribution in [0.4, 0.5) is 11.4 Å². The number of rotatable bonds is 6. The van der Waals surface area contributed by atoms with Gasteiger partial charge < -0.3 is 19.9 Å². The minimum Gasteiger partial charge on any atom is -0.495 e. The number of anilines is 2. The molecule has 1 aliphatic rings. The van der Waals surface area contributed by atoms with E-state index in [9.17, 15) is 4.79 Å². The summed E-state index contributed by atoms with van der Waals surface area (Å²) in [7, 11) is 1.68. The summed E-state index contributed by atoms with van der Waals surface area (Å²) in [6.45, 7) is 5.93. The van der Waals surface area contributed by atoms with E-state index in [1.54, 1.807) is 19.4 Å². The van der Waals surface area contributed by atoms with Crippen molar-refractivity contribution in [3.8, 4) is 5.75 Å². The SMILES string of the molecule is CCCNc1ccc(C(=O)N2CCN(c3ccccc3OC)CC2)nc1. The summed E-state index contributed by atoms with van der Waals surface area (Å²) in [4.78, 5) is 21.1. The number of pyridine rings is 1. The van der Waals surface area contributed by atoms with Gasteiger partial charge in [0.25, 0.3) is 5.91 Å². The molecule has 2 heterocycles. The Kier molecular flexibility index (Phi) is 5.94. The lowest BCUT2D eigenvalue weighted by Gasteiger charge is -2.36. The molecule has 0 bridgehead atoms. The molecule has 1 saturated heterocycles. The first kappa shape index (κ1) is 18.0. The summed E-state index contributed by atoms with van der Waals surface area (Å²) in [5.74, 6) is 0.857. The number of amides is 1. The van der Waals surface area contributed by atoms with Crippen molar-refractivity contribution >= 4 is 17.3 Å². The average Bonchev–Trinajstić information content (AvgIpc) is 2.72. The highest BCUT2D eigenvalue weighted by Crippen LogP contribution is 2.28. The van der Waals surface area contributed by atoms with Crippen LogP contribution in [0, 0.1) is 0 Å². The van der Waals surface area contributed by atoms with Gasteiger partial charge in [-0.05, 0) is 30.7 Å². The van der Waals surface area contributed by atoms with E-state index in [4.69, 9.17) is 4.74 Å². The van der Waals surface area contributed by atoms with Crippen LogP contribution in [0.3, 0.4) is 0 Å². The van der Waals surface area contributed by atoms with Crippen LogP contribution in [0.2, 0.25) is 0 Å². The Hall–Kier alpha value is -2.76. The molecule has 6 heteroatoms. The molecule has 6 nitrogen and oxygen atoms in total. The topological polar surface area (TPSA) is 57.7 Å². The summed E-state index contributed by atoms with van der Waals surface area (Å²) < 4.78 is 5.44. The van der Waals surface area contributed by atoms with Crippen LogP contribution in [0.25, 0.3) is 0 Å². The largest absolute Gasteiger partial charge is 0.495 e. The summed E-state index contributed by atoms with van der Waals surface area (Å²) >= 11 is 0. The van der Waals surface area contributed by atoms with E-state index in [1.807, 2.05) is 29.2 Å². The highest BCUT2D eigenvalue weighted by molar-refractivity contribution is 5.92. The van der Waals surface area contributed by atoms with Crippen molar-refractivity contribution < 1.29 is 9.53 Å². The fourth-order valence-corrected chi connectivity index (χ4v) is 3.10. The Morgan fingerprint density at radius 3 is 2.58 bits per heavy atom. The smallest absolute Gasteiger partial charge is 0.272 e. The molecule has 0 aliphatic carbocycles. The fourth-order valence-electron chi connectivity index (χ4n) is 3.10. The van der Waals surface area contributed by atoms with Crippen molar-refractivity contribution in [3.63, 3.8) is 0 Å². The first-order valence-electron chi connectivity index (χ1n) is 9.10. The van der Waals surface area contributed by atoms with Crippen molar-refractivity contribution in [3.05, 3.63) is 48.3 Å². The number of methoxy groups -OCH3 is 1. The number of nitrogens with one attached hydrogen (secondary N) is 1. The number of piperazine rings is 1. The molecular weight excluding hydrogens is 328 g/mol. The minimum absolute atomic E-state index is 0.00767. The highest BCUT2D eigenvalue weighted by atomic mass is 16.5. The second-order valence-electron chi connectivity index (χ2n) is 6.31. The third-order valence-electron chi connectivity index (χ3n) is 4.55. The lowest BCUT2D eigenvalue weighted by atomic mass is 10.2. The maximum absolute atomic E-state index is 12.7. The van der Waals surface area contributed by atoms with Gasteiger partial charge in [-0.3, -0.25) is 4.79 Å². The second kappa shape index (κ2) is 8.56. The van der Waals surface area contributed by atoms with Gasteiger partial charge in [0.1, 0.15) is 11.4 Å². The highest BCUT2D eigenvalue weighted by Gasteiger charge is 2.24. The number of nitrogens with zero attached hydrogens (tertiary/aromatic N) is 3. The lowest BCUT2D eigenvalue weighted by Crippen LogP contribution is -2.49. The third kappa shape index (κ3) is 4.07. The summed E-state index contributed by atoms with van der Waals surface area (Å²) in [6.07, 6.45) is 2.78. The molecule has 1 N–H and O–H groups in total. The Morgan fingerprint density at radius 1 is 1.15 bits per heavy atom. The van der Waals surface area contributed by atoms with E-state index in [0.29, 0.717) is 18.8 Å². The molecule has 0 radical (unpaired) electrons. The molecule has 1 fully saturated rings. The molecule has 0 spiro atoms. The van der Waals surface area contributed by atoms with Crippen molar-refractivity contribution in [1.29, 1.82) is 0 Å². The van der Waals surface area contributed by atoms with Crippen LogP contribution in [0.5, 0.6) is 5.75 Å². The molecule has 3 rings (SSSR count). The maximum Gasteiger partial charge on any atom is 0.272 e. The molecular formula is C20H26N4O2. The van der Waals surface area contributed by atoms with E-state index in [0.717, 1.165) is 43.2 Å². The van der Waals surface area contributed by atoms with Crippen molar-refractivity contribution in [1.82, 2.24) is 9.88 Å². The maximum atomic E-state index is 12.7. The van der Waals surface area contributed by atoms with E-state index < -0.39 is 0 Å². The Morgan fingerprint density at radius 2 is 1.92 bits per heavy atom. The van der Waals surface area contributed by atoms with Crippen LogP contribution >= 0.6 is 0 Å². The predicted octanol–water partition coefficient (Wildman–Crippen LogP) is 2.87. The molecule has 0 atom stereocenters. The number of ether oxygens (including phenoxy) is 1. The van der Waals surface area contributed by atoms with Gasteiger partial charge in [0.2, 0.25) is 0 Å². The molecule has 1 aliphatic heterocycles. The van der Waals surface area contributed by atoms with Crippen LogP contribution in [-0.2, 0) is 0 Å². The molecule has 26 heavy (non-hydrogen) atoms. The zero-order valence-corrected chi connectivity index (χ0v) is 15.4. The number of aromatic nitrogens is 1. The summed E-state index contributed by atoms with van der Waals surface area (Å²) in [5, 5.41) is 3.27.